The van der Waals surface area contributed by atoms with Gasteiger partial charge in [0.15, 0.2) is 0 Å². The van der Waals surface area contributed by atoms with Crippen molar-refractivity contribution in [2.45, 2.75) is 75.9 Å². The second-order valence-electron chi connectivity index (χ2n) is 11.3. The summed E-state index contributed by atoms with van der Waals surface area (Å²) in [5.41, 5.74) is 1.17. The number of fused-ring (bicyclic) bond motifs is 1. The van der Waals surface area contributed by atoms with E-state index in [2.05, 4.69) is 0 Å². The molecule has 2 spiro atoms. The summed E-state index contributed by atoms with van der Waals surface area (Å²) in [4.78, 5) is 0. The van der Waals surface area contributed by atoms with Gasteiger partial charge in [-0.1, -0.05) is 12.8 Å². The zero-order valence-electron chi connectivity index (χ0n) is 13.9. The van der Waals surface area contributed by atoms with Crippen LogP contribution < -0.4 is 0 Å². The van der Waals surface area contributed by atoms with E-state index in [4.69, 9.17) is 0 Å². The molecule has 0 aromatic carbocycles. The van der Waals surface area contributed by atoms with Gasteiger partial charge in [0, 0.05) is 17.3 Å². The number of hydrogen-bond acceptors (Lipinski definition) is 2. The highest BCUT2D eigenvalue weighted by atomic mass is 16.3. The highest BCUT2D eigenvalue weighted by Gasteiger charge is 3.00. The van der Waals surface area contributed by atoms with Gasteiger partial charge in [0.25, 0.3) is 0 Å². The van der Waals surface area contributed by atoms with Crippen molar-refractivity contribution in [3.8, 4) is 0 Å². The van der Waals surface area contributed by atoms with Crippen LogP contribution in [0.3, 0.4) is 0 Å². The molecule has 8 fully saturated rings. The lowest BCUT2D eigenvalue weighted by molar-refractivity contribution is -0.265. The minimum atomic E-state index is -0.486. The Hall–Kier alpha value is -0.0800. The molecule has 8 bridgehead atoms. The Kier molecular flexibility index (Phi) is 1.53. The van der Waals surface area contributed by atoms with Crippen molar-refractivity contribution in [1.29, 1.82) is 0 Å². The molecule has 2 N–H and O–H groups in total. The molecule has 2 heteroatoms. The summed E-state index contributed by atoms with van der Waals surface area (Å²) in [6.07, 6.45) is 13.2. The predicted octanol–water partition coefficient (Wildman–Crippen LogP) is 3.11. The van der Waals surface area contributed by atoms with E-state index in [-0.39, 0.29) is 17.4 Å². The lowest BCUT2D eigenvalue weighted by atomic mass is 9.38. The van der Waals surface area contributed by atoms with Gasteiger partial charge in [-0.25, -0.2) is 0 Å². The highest BCUT2D eigenvalue weighted by Crippen LogP contribution is 3.02. The highest BCUT2D eigenvalue weighted by molar-refractivity contribution is 5.48. The van der Waals surface area contributed by atoms with Crippen LogP contribution in [0.5, 0.6) is 0 Å². The topological polar surface area (TPSA) is 40.5 Å². The van der Waals surface area contributed by atoms with Crippen LogP contribution in [0.2, 0.25) is 0 Å². The molecule has 8 aliphatic rings. The van der Waals surface area contributed by atoms with Gasteiger partial charge in [-0.3, -0.25) is 0 Å². The van der Waals surface area contributed by atoms with Gasteiger partial charge in [-0.2, -0.15) is 0 Å². The molecule has 11 atom stereocenters. The van der Waals surface area contributed by atoms with E-state index in [1.165, 1.54) is 57.8 Å². The average Bonchev–Trinajstić information content (AvgIpc) is 3.15. The summed E-state index contributed by atoms with van der Waals surface area (Å²) in [5, 5.41) is 23.7. The van der Waals surface area contributed by atoms with Gasteiger partial charge in [-0.15, -0.1) is 0 Å². The summed E-state index contributed by atoms with van der Waals surface area (Å²) in [5.74, 6) is 3.20. The summed E-state index contributed by atoms with van der Waals surface area (Å²) >= 11 is 0. The first-order valence-corrected chi connectivity index (χ1v) is 10.5. The van der Waals surface area contributed by atoms with E-state index < -0.39 is 5.60 Å². The van der Waals surface area contributed by atoms with Crippen LogP contribution >= 0.6 is 0 Å². The van der Waals surface area contributed by atoms with Crippen molar-refractivity contribution < 1.29 is 10.2 Å². The van der Waals surface area contributed by atoms with Crippen LogP contribution in [0.25, 0.3) is 0 Å². The number of rotatable bonds is 0. The molecular formula is C21H28O2. The fraction of sp³-hybridized carbons (Fsp3) is 1.00. The smallest absolute Gasteiger partial charge is 0.0742 e. The van der Waals surface area contributed by atoms with Crippen LogP contribution in [0.1, 0.15) is 64.2 Å². The Morgan fingerprint density at radius 2 is 1.57 bits per heavy atom. The quantitative estimate of drug-likeness (QED) is 0.721. The summed E-state index contributed by atoms with van der Waals surface area (Å²) in [7, 11) is 0. The fourth-order valence-corrected chi connectivity index (χ4v) is 13.1. The normalized spacial score (nSPS) is 80.6. The Bertz CT molecular complexity index is 689. The third-order valence-electron chi connectivity index (χ3n) is 12.0. The maximum atomic E-state index is 12.0. The van der Waals surface area contributed by atoms with Crippen LogP contribution in [0.4, 0.5) is 0 Å². The van der Waals surface area contributed by atoms with E-state index in [0.717, 1.165) is 18.3 Å². The van der Waals surface area contributed by atoms with Gasteiger partial charge < -0.3 is 10.2 Å². The van der Waals surface area contributed by atoms with Crippen molar-refractivity contribution in [1.82, 2.24) is 0 Å². The second kappa shape index (κ2) is 2.86. The minimum absolute atomic E-state index is 0.165. The van der Waals surface area contributed by atoms with Crippen LogP contribution in [-0.4, -0.2) is 21.9 Å². The molecule has 23 heavy (non-hydrogen) atoms. The molecule has 0 aromatic rings. The van der Waals surface area contributed by atoms with Crippen molar-refractivity contribution in [3.05, 3.63) is 0 Å². The van der Waals surface area contributed by atoms with Crippen molar-refractivity contribution >= 4 is 0 Å². The van der Waals surface area contributed by atoms with E-state index >= 15 is 0 Å². The first-order chi connectivity index (χ1) is 11.1. The van der Waals surface area contributed by atoms with E-state index in [9.17, 15) is 10.2 Å². The monoisotopic (exact) mass is 312 g/mol. The van der Waals surface area contributed by atoms with Crippen molar-refractivity contribution in [2.75, 3.05) is 0 Å². The van der Waals surface area contributed by atoms with Gasteiger partial charge in [0.05, 0.1) is 11.7 Å². The largest absolute Gasteiger partial charge is 0.392 e. The van der Waals surface area contributed by atoms with Gasteiger partial charge in [0.2, 0.25) is 0 Å². The van der Waals surface area contributed by atoms with Gasteiger partial charge in [0.1, 0.15) is 0 Å². The third kappa shape index (κ3) is 0.720. The summed E-state index contributed by atoms with van der Waals surface area (Å²) in [6, 6.07) is 0. The zero-order chi connectivity index (χ0) is 15.0. The lowest BCUT2D eigenvalue weighted by Crippen LogP contribution is -2.69. The van der Waals surface area contributed by atoms with Crippen LogP contribution in [0, 0.1) is 51.2 Å². The van der Waals surface area contributed by atoms with E-state index in [0.29, 0.717) is 28.1 Å². The Labute approximate surface area is 138 Å². The Morgan fingerprint density at radius 3 is 2.48 bits per heavy atom. The predicted molar refractivity (Wildman–Crippen MR) is 84.3 cm³/mol. The Morgan fingerprint density at radius 1 is 0.783 bits per heavy atom. The maximum absolute atomic E-state index is 12.0. The van der Waals surface area contributed by atoms with Crippen LogP contribution in [0.15, 0.2) is 0 Å². The molecule has 124 valence electrons. The molecule has 0 radical (unpaired) electrons. The van der Waals surface area contributed by atoms with Crippen molar-refractivity contribution in [3.63, 3.8) is 0 Å². The molecule has 0 aromatic heterocycles. The van der Waals surface area contributed by atoms with E-state index in [1.54, 1.807) is 0 Å². The third-order valence-corrected chi connectivity index (χ3v) is 12.0. The molecule has 0 heterocycles. The number of aliphatic hydroxyl groups is 2. The molecule has 0 amide bonds. The first kappa shape index (κ1) is 12.3. The summed E-state index contributed by atoms with van der Waals surface area (Å²) in [6.45, 7) is 0. The Balaban J connectivity index is 1.58. The molecule has 11 unspecified atom stereocenters. The first-order valence-electron chi connectivity index (χ1n) is 10.5. The van der Waals surface area contributed by atoms with E-state index in [1.807, 2.05) is 0 Å². The van der Waals surface area contributed by atoms with Crippen molar-refractivity contribution in [2.24, 2.45) is 51.2 Å². The molecular weight excluding hydrogens is 284 g/mol. The van der Waals surface area contributed by atoms with Crippen LogP contribution in [-0.2, 0) is 0 Å². The standard InChI is InChI=1S/C21H28O2/c22-15-13-12-14-17-5-2-8-20(14,15)19(7-1-4-11(17)19)16-18(12,10-17)6-3-9-21(13,16)23/h11-16,22-23H,1-10H2. The summed E-state index contributed by atoms with van der Waals surface area (Å²) < 4.78 is 0. The van der Waals surface area contributed by atoms with Gasteiger partial charge in [-0.05, 0) is 85.4 Å². The molecule has 0 saturated heterocycles. The fourth-order valence-electron chi connectivity index (χ4n) is 13.1. The second-order valence-corrected chi connectivity index (χ2v) is 11.3. The number of hydrogen-bond donors (Lipinski definition) is 2. The SMILES string of the molecule is OC1C2C3C4C56CCCC14C1(CCCC51)C1C2(O)CCCC31C6. The molecule has 0 aliphatic heterocycles. The minimum Gasteiger partial charge on any atom is -0.392 e. The average molecular weight is 312 g/mol. The zero-order valence-corrected chi connectivity index (χ0v) is 13.9. The molecule has 8 aliphatic carbocycles. The van der Waals surface area contributed by atoms with Gasteiger partial charge >= 0.3 is 0 Å². The lowest BCUT2D eigenvalue weighted by Gasteiger charge is -2.67. The molecule has 8 saturated carbocycles. The molecule has 2 nitrogen and oxygen atoms in total. The molecule has 8 rings (SSSR count). The number of aliphatic hydroxyl groups excluding tert-OH is 1. The maximum Gasteiger partial charge on any atom is 0.0742 e.